The molecule has 5 heteroatoms. The van der Waals surface area contributed by atoms with E-state index in [0.29, 0.717) is 0 Å². The second kappa shape index (κ2) is 5.75. The second-order valence-electron chi connectivity index (χ2n) is 5.44. The summed E-state index contributed by atoms with van der Waals surface area (Å²) in [6.07, 6.45) is 0.838. The van der Waals surface area contributed by atoms with Crippen molar-refractivity contribution in [2.45, 2.75) is 32.7 Å². The Hall–Kier alpha value is -1.33. The molecule has 0 atom stereocenters. The van der Waals surface area contributed by atoms with Crippen molar-refractivity contribution in [2.24, 2.45) is 0 Å². The second-order valence-corrected chi connectivity index (χ2v) is 6.50. The largest absolute Gasteiger partial charge is 0.312 e. The number of rotatable bonds is 4. The lowest BCUT2D eigenvalue weighted by molar-refractivity contribution is 0.429. The van der Waals surface area contributed by atoms with Gasteiger partial charge in [0.1, 0.15) is 15.8 Å². The molecule has 0 fully saturated rings. The normalized spacial score (nSPS) is 11.8. The summed E-state index contributed by atoms with van der Waals surface area (Å²) in [6, 6.07) is 6.45. The summed E-state index contributed by atoms with van der Waals surface area (Å²) in [4.78, 5) is 0. The van der Waals surface area contributed by atoms with Gasteiger partial charge in [-0.05, 0) is 32.9 Å². The number of nitrogens with zero attached hydrogens (tertiary/aromatic N) is 2. The quantitative estimate of drug-likeness (QED) is 0.933. The molecule has 1 aromatic heterocycles. The third kappa shape index (κ3) is 4.36. The number of hydrogen-bond donors (Lipinski definition) is 1. The van der Waals surface area contributed by atoms with Gasteiger partial charge in [0.25, 0.3) is 0 Å². The van der Waals surface area contributed by atoms with Gasteiger partial charge in [-0.2, -0.15) is 0 Å². The molecule has 0 aliphatic heterocycles. The van der Waals surface area contributed by atoms with Crippen molar-refractivity contribution in [3.8, 4) is 10.6 Å². The molecule has 0 saturated carbocycles. The van der Waals surface area contributed by atoms with Crippen LogP contribution in [-0.2, 0) is 6.42 Å². The fourth-order valence-electron chi connectivity index (χ4n) is 1.64. The van der Waals surface area contributed by atoms with Crippen molar-refractivity contribution in [1.29, 1.82) is 0 Å². The number of aromatic nitrogens is 2. The summed E-state index contributed by atoms with van der Waals surface area (Å²) in [5.74, 6) is -0.247. The Kier molecular flexibility index (Phi) is 4.27. The van der Waals surface area contributed by atoms with E-state index in [9.17, 15) is 4.39 Å². The first kappa shape index (κ1) is 14.1. The van der Waals surface area contributed by atoms with Crippen LogP contribution in [0.2, 0.25) is 0 Å². The zero-order valence-electron chi connectivity index (χ0n) is 11.4. The van der Waals surface area contributed by atoms with Gasteiger partial charge in [0.2, 0.25) is 0 Å². The van der Waals surface area contributed by atoms with E-state index in [1.807, 2.05) is 6.07 Å². The SMILES string of the molecule is CC(C)(C)NCCc1nnc(-c2cccc(F)c2)s1. The van der Waals surface area contributed by atoms with E-state index >= 15 is 0 Å². The Morgan fingerprint density at radius 2 is 2.05 bits per heavy atom. The van der Waals surface area contributed by atoms with Crippen LogP contribution in [0.15, 0.2) is 24.3 Å². The van der Waals surface area contributed by atoms with Crippen LogP contribution in [0.4, 0.5) is 4.39 Å². The highest BCUT2D eigenvalue weighted by Crippen LogP contribution is 2.24. The molecular weight excluding hydrogens is 261 g/mol. The Morgan fingerprint density at radius 1 is 1.26 bits per heavy atom. The monoisotopic (exact) mass is 279 g/mol. The van der Waals surface area contributed by atoms with E-state index in [-0.39, 0.29) is 11.4 Å². The Labute approximate surface area is 116 Å². The molecule has 0 bridgehead atoms. The average molecular weight is 279 g/mol. The van der Waals surface area contributed by atoms with Crippen molar-refractivity contribution >= 4 is 11.3 Å². The van der Waals surface area contributed by atoms with Crippen molar-refractivity contribution in [3.63, 3.8) is 0 Å². The van der Waals surface area contributed by atoms with Crippen molar-refractivity contribution in [2.75, 3.05) is 6.54 Å². The van der Waals surface area contributed by atoms with Crippen LogP contribution in [0.1, 0.15) is 25.8 Å². The minimum Gasteiger partial charge on any atom is -0.312 e. The highest BCUT2D eigenvalue weighted by molar-refractivity contribution is 7.14. The molecule has 0 aliphatic carbocycles. The number of benzene rings is 1. The zero-order valence-corrected chi connectivity index (χ0v) is 12.2. The van der Waals surface area contributed by atoms with Gasteiger partial charge in [-0.1, -0.05) is 23.5 Å². The summed E-state index contributed by atoms with van der Waals surface area (Å²) < 4.78 is 13.1. The minimum atomic E-state index is -0.247. The maximum atomic E-state index is 13.1. The van der Waals surface area contributed by atoms with E-state index < -0.39 is 0 Å². The van der Waals surface area contributed by atoms with Gasteiger partial charge in [-0.3, -0.25) is 0 Å². The predicted octanol–water partition coefficient (Wildman–Crippen LogP) is 3.27. The van der Waals surface area contributed by atoms with Crippen molar-refractivity contribution in [3.05, 3.63) is 35.1 Å². The first-order valence-corrected chi connectivity index (χ1v) is 7.09. The molecule has 0 saturated heterocycles. The maximum absolute atomic E-state index is 13.1. The molecule has 19 heavy (non-hydrogen) atoms. The summed E-state index contributed by atoms with van der Waals surface area (Å²) in [7, 11) is 0. The van der Waals surface area contributed by atoms with Gasteiger partial charge < -0.3 is 5.32 Å². The summed E-state index contributed by atoms with van der Waals surface area (Å²) >= 11 is 1.52. The summed E-state index contributed by atoms with van der Waals surface area (Å²) in [6.45, 7) is 7.25. The zero-order chi connectivity index (χ0) is 13.9. The molecular formula is C14H18FN3S. The molecule has 0 unspecified atom stereocenters. The van der Waals surface area contributed by atoms with E-state index in [4.69, 9.17) is 0 Å². The van der Waals surface area contributed by atoms with Gasteiger partial charge in [0.15, 0.2) is 0 Å². The molecule has 0 aliphatic rings. The molecule has 1 N–H and O–H groups in total. The molecule has 1 heterocycles. The minimum absolute atomic E-state index is 0.107. The Bertz CT molecular complexity index is 546. The van der Waals surface area contributed by atoms with Crippen LogP contribution in [0, 0.1) is 5.82 Å². The Morgan fingerprint density at radius 3 is 2.74 bits per heavy atom. The lowest BCUT2D eigenvalue weighted by atomic mass is 10.1. The standard InChI is InChI=1S/C14H18FN3S/c1-14(2,3)16-8-7-12-17-18-13(19-12)10-5-4-6-11(15)9-10/h4-6,9,16H,7-8H2,1-3H3. The first-order valence-electron chi connectivity index (χ1n) is 6.27. The summed E-state index contributed by atoms with van der Waals surface area (Å²) in [5.41, 5.74) is 0.892. The smallest absolute Gasteiger partial charge is 0.147 e. The molecule has 0 spiro atoms. The van der Waals surface area contributed by atoms with Crippen LogP contribution in [-0.4, -0.2) is 22.3 Å². The van der Waals surface area contributed by atoms with E-state index in [2.05, 4.69) is 36.3 Å². The highest BCUT2D eigenvalue weighted by Gasteiger charge is 2.10. The molecule has 0 radical (unpaired) electrons. The lowest BCUT2D eigenvalue weighted by Crippen LogP contribution is -2.37. The van der Waals surface area contributed by atoms with E-state index in [0.717, 1.165) is 28.5 Å². The van der Waals surface area contributed by atoms with Gasteiger partial charge >= 0.3 is 0 Å². The maximum Gasteiger partial charge on any atom is 0.147 e. The summed E-state index contributed by atoms with van der Waals surface area (Å²) in [5, 5.41) is 13.4. The van der Waals surface area contributed by atoms with Crippen LogP contribution < -0.4 is 5.32 Å². The van der Waals surface area contributed by atoms with Gasteiger partial charge in [0, 0.05) is 24.1 Å². The van der Waals surface area contributed by atoms with Crippen molar-refractivity contribution in [1.82, 2.24) is 15.5 Å². The molecule has 1 aromatic carbocycles. The molecule has 2 rings (SSSR count). The third-order valence-corrected chi connectivity index (χ3v) is 3.56. The number of hydrogen-bond acceptors (Lipinski definition) is 4. The first-order chi connectivity index (χ1) is 8.94. The fraction of sp³-hybridized carbons (Fsp3) is 0.429. The molecule has 102 valence electrons. The van der Waals surface area contributed by atoms with E-state index in [1.165, 1.54) is 23.5 Å². The van der Waals surface area contributed by atoms with Crippen LogP contribution >= 0.6 is 11.3 Å². The van der Waals surface area contributed by atoms with Crippen LogP contribution in [0.5, 0.6) is 0 Å². The van der Waals surface area contributed by atoms with Gasteiger partial charge in [-0.15, -0.1) is 10.2 Å². The van der Waals surface area contributed by atoms with Gasteiger partial charge in [0.05, 0.1) is 0 Å². The topological polar surface area (TPSA) is 37.8 Å². The van der Waals surface area contributed by atoms with E-state index in [1.54, 1.807) is 6.07 Å². The molecule has 2 aromatic rings. The molecule has 3 nitrogen and oxygen atoms in total. The lowest BCUT2D eigenvalue weighted by Gasteiger charge is -2.19. The third-order valence-electron chi connectivity index (χ3n) is 2.53. The van der Waals surface area contributed by atoms with Crippen molar-refractivity contribution < 1.29 is 4.39 Å². The number of nitrogens with one attached hydrogen (secondary N) is 1. The predicted molar refractivity (Wildman–Crippen MR) is 76.8 cm³/mol. The van der Waals surface area contributed by atoms with Crippen LogP contribution in [0.3, 0.4) is 0 Å². The molecule has 0 amide bonds. The highest BCUT2D eigenvalue weighted by atomic mass is 32.1. The fourth-order valence-corrected chi connectivity index (χ4v) is 2.47. The number of halogens is 1. The average Bonchev–Trinajstić information content (AvgIpc) is 2.76. The van der Waals surface area contributed by atoms with Crippen LogP contribution in [0.25, 0.3) is 10.6 Å². The Balaban J connectivity index is 1.99. The van der Waals surface area contributed by atoms with Gasteiger partial charge in [-0.25, -0.2) is 4.39 Å².